The van der Waals surface area contributed by atoms with Crippen LogP contribution in [0.15, 0.2) is 48.5 Å². The number of sulfonamides is 1. The molecule has 7 nitrogen and oxygen atoms in total. The highest BCUT2D eigenvalue weighted by Crippen LogP contribution is 2.16. The lowest BCUT2D eigenvalue weighted by Gasteiger charge is -2.24. The van der Waals surface area contributed by atoms with Gasteiger partial charge in [0.2, 0.25) is 10.0 Å². The van der Waals surface area contributed by atoms with Crippen LogP contribution in [0.4, 0.5) is 11.4 Å². The number of hydrogen-bond donors (Lipinski definition) is 3. The Morgan fingerprint density at radius 2 is 1.57 bits per heavy atom. The van der Waals surface area contributed by atoms with Crippen molar-refractivity contribution < 1.29 is 18.0 Å². The Morgan fingerprint density at radius 3 is 2.17 bits per heavy atom. The SMILES string of the molecule is CCCS(=O)(=O)Nc1cccc(C(=O)Nc2ccc(C(=O)NC(C)(C)CC)cc2)c1. The summed E-state index contributed by atoms with van der Waals surface area (Å²) in [5.41, 5.74) is 1.39. The summed E-state index contributed by atoms with van der Waals surface area (Å²) in [5, 5.41) is 5.71. The van der Waals surface area contributed by atoms with Gasteiger partial charge in [-0.25, -0.2) is 8.42 Å². The normalized spacial score (nSPS) is 11.6. The molecular formula is C22H29N3O4S. The Morgan fingerprint density at radius 1 is 0.900 bits per heavy atom. The van der Waals surface area contributed by atoms with Crippen molar-refractivity contribution in [3.63, 3.8) is 0 Å². The molecule has 0 aliphatic carbocycles. The molecule has 0 aromatic heterocycles. The van der Waals surface area contributed by atoms with Gasteiger partial charge in [-0.1, -0.05) is 19.9 Å². The Bertz CT molecular complexity index is 999. The molecule has 2 rings (SSSR count). The van der Waals surface area contributed by atoms with Crippen LogP contribution in [-0.4, -0.2) is 31.5 Å². The van der Waals surface area contributed by atoms with Crippen LogP contribution in [0.1, 0.15) is 61.3 Å². The van der Waals surface area contributed by atoms with Crippen LogP contribution < -0.4 is 15.4 Å². The Labute approximate surface area is 178 Å². The molecule has 0 fully saturated rings. The average Bonchev–Trinajstić information content (AvgIpc) is 2.68. The molecule has 0 saturated heterocycles. The van der Waals surface area contributed by atoms with E-state index in [9.17, 15) is 18.0 Å². The first-order valence-corrected chi connectivity index (χ1v) is 11.5. The summed E-state index contributed by atoms with van der Waals surface area (Å²) < 4.78 is 26.3. The van der Waals surface area contributed by atoms with Crippen LogP contribution in [0, 0.1) is 0 Å². The number of nitrogens with one attached hydrogen (secondary N) is 3. The highest BCUT2D eigenvalue weighted by Gasteiger charge is 2.19. The molecule has 3 N–H and O–H groups in total. The zero-order valence-electron chi connectivity index (χ0n) is 17.8. The largest absolute Gasteiger partial charge is 0.347 e. The quantitative estimate of drug-likeness (QED) is 0.558. The first-order valence-electron chi connectivity index (χ1n) is 9.89. The fourth-order valence-corrected chi connectivity index (χ4v) is 3.72. The summed E-state index contributed by atoms with van der Waals surface area (Å²) in [6.07, 6.45) is 1.31. The van der Waals surface area contributed by atoms with E-state index in [-0.39, 0.29) is 23.1 Å². The Kier molecular flexibility index (Phi) is 7.61. The maximum absolute atomic E-state index is 12.5. The lowest BCUT2D eigenvalue weighted by molar-refractivity contribution is 0.0911. The van der Waals surface area contributed by atoms with Gasteiger partial charge in [-0.2, -0.15) is 0 Å². The topological polar surface area (TPSA) is 104 Å². The van der Waals surface area contributed by atoms with Crippen LogP contribution in [0.25, 0.3) is 0 Å². The van der Waals surface area contributed by atoms with E-state index in [0.29, 0.717) is 28.9 Å². The van der Waals surface area contributed by atoms with Crippen molar-refractivity contribution in [1.82, 2.24) is 5.32 Å². The predicted octanol–water partition coefficient (Wildman–Crippen LogP) is 4.01. The molecule has 8 heteroatoms. The number of carbonyl (C=O) groups is 2. The van der Waals surface area contributed by atoms with E-state index in [1.54, 1.807) is 49.4 Å². The molecule has 0 heterocycles. The lowest BCUT2D eigenvalue weighted by Crippen LogP contribution is -2.42. The first-order chi connectivity index (χ1) is 14.0. The van der Waals surface area contributed by atoms with Crippen LogP contribution in [0.3, 0.4) is 0 Å². The molecule has 30 heavy (non-hydrogen) atoms. The van der Waals surface area contributed by atoms with E-state index in [4.69, 9.17) is 0 Å². The fraction of sp³-hybridized carbons (Fsp3) is 0.364. The minimum Gasteiger partial charge on any atom is -0.347 e. The third kappa shape index (κ3) is 6.88. The van der Waals surface area contributed by atoms with Crippen molar-refractivity contribution >= 4 is 33.2 Å². The minimum atomic E-state index is -3.43. The third-order valence-electron chi connectivity index (χ3n) is 4.61. The van der Waals surface area contributed by atoms with Crippen molar-refractivity contribution in [1.29, 1.82) is 0 Å². The highest BCUT2D eigenvalue weighted by atomic mass is 32.2. The van der Waals surface area contributed by atoms with Crippen molar-refractivity contribution in [3.05, 3.63) is 59.7 Å². The van der Waals surface area contributed by atoms with E-state index in [1.165, 1.54) is 6.07 Å². The summed E-state index contributed by atoms with van der Waals surface area (Å²) in [7, 11) is -3.43. The molecule has 0 spiro atoms. The average molecular weight is 432 g/mol. The standard InChI is InChI=1S/C22H29N3O4S/c1-5-14-30(28,29)25-19-9-7-8-17(15-19)20(26)23-18-12-10-16(11-13-18)21(27)24-22(3,4)6-2/h7-13,15,25H,5-6,14H2,1-4H3,(H,23,26)(H,24,27). The van der Waals surface area contributed by atoms with Gasteiger partial charge in [0, 0.05) is 28.0 Å². The number of benzene rings is 2. The van der Waals surface area contributed by atoms with Crippen molar-refractivity contribution in [2.45, 2.75) is 46.1 Å². The lowest BCUT2D eigenvalue weighted by atomic mass is 10.0. The van der Waals surface area contributed by atoms with Gasteiger partial charge in [0.1, 0.15) is 0 Å². The molecule has 0 unspecified atom stereocenters. The number of carbonyl (C=O) groups excluding carboxylic acids is 2. The summed E-state index contributed by atoms with van der Waals surface area (Å²) in [6, 6.07) is 12.9. The smallest absolute Gasteiger partial charge is 0.255 e. The summed E-state index contributed by atoms with van der Waals surface area (Å²) in [6.45, 7) is 7.69. The number of anilines is 2. The van der Waals surface area contributed by atoms with Crippen LogP contribution in [0.5, 0.6) is 0 Å². The summed E-state index contributed by atoms with van der Waals surface area (Å²) >= 11 is 0. The summed E-state index contributed by atoms with van der Waals surface area (Å²) in [5.74, 6) is -0.540. The van der Waals surface area contributed by atoms with E-state index in [1.807, 2.05) is 20.8 Å². The predicted molar refractivity (Wildman–Crippen MR) is 120 cm³/mol. The van der Waals surface area contributed by atoms with Crippen LogP contribution in [-0.2, 0) is 10.0 Å². The molecule has 0 bridgehead atoms. The zero-order chi connectivity index (χ0) is 22.4. The van der Waals surface area contributed by atoms with Crippen molar-refractivity contribution in [2.24, 2.45) is 0 Å². The van der Waals surface area contributed by atoms with Crippen LogP contribution in [0.2, 0.25) is 0 Å². The Hall–Kier alpha value is -2.87. The first kappa shape index (κ1) is 23.4. The molecule has 0 atom stereocenters. The van der Waals surface area contributed by atoms with Gasteiger partial charge in [-0.3, -0.25) is 14.3 Å². The van der Waals surface area contributed by atoms with Crippen molar-refractivity contribution in [3.8, 4) is 0 Å². The molecule has 0 saturated carbocycles. The molecule has 2 aromatic rings. The molecule has 0 aliphatic heterocycles. The van der Waals surface area contributed by atoms with Gasteiger partial charge >= 0.3 is 0 Å². The van der Waals surface area contributed by atoms with Crippen molar-refractivity contribution in [2.75, 3.05) is 15.8 Å². The monoisotopic (exact) mass is 431 g/mol. The fourth-order valence-electron chi connectivity index (χ4n) is 2.60. The van der Waals surface area contributed by atoms with E-state index in [0.717, 1.165) is 6.42 Å². The second-order valence-electron chi connectivity index (χ2n) is 7.72. The number of rotatable bonds is 9. The molecule has 162 valence electrons. The zero-order valence-corrected chi connectivity index (χ0v) is 18.6. The maximum Gasteiger partial charge on any atom is 0.255 e. The van der Waals surface area contributed by atoms with E-state index >= 15 is 0 Å². The van der Waals surface area contributed by atoms with Gasteiger partial charge in [0.25, 0.3) is 11.8 Å². The summed E-state index contributed by atoms with van der Waals surface area (Å²) in [4.78, 5) is 24.9. The van der Waals surface area contributed by atoms with Gasteiger partial charge in [0.05, 0.1) is 5.75 Å². The molecule has 0 radical (unpaired) electrons. The van der Waals surface area contributed by atoms with Gasteiger partial charge in [-0.05, 0) is 69.2 Å². The minimum absolute atomic E-state index is 0.0127. The number of amides is 2. The van der Waals surface area contributed by atoms with Crippen LogP contribution >= 0.6 is 0 Å². The van der Waals surface area contributed by atoms with Gasteiger partial charge < -0.3 is 10.6 Å². The van der Waals surface area contributed by atoms with E-state index < -0.39 is 10.0 Å². The molecule has 2 amide bonds. The Balaban J connectivity index is 2.06. The van der Waals surface area contributed by atoms with Gasteiger partial charge in [0.15, 0.2) is 0 Å². The third-order valence-corrected chi connectivity index (χ3v) is 6.10. The van der Waals surface area contributed by atoms with E-state index in [2.05, 4.69) is 15.4 Å². The highest BCUT2D eigenvalue weighted by molar-refractivity contribution is 7.92. The van der Waals surface area contributed by atoms with Gasteiger partial charge in [-0.15, -0.1) is 0 Å². The molecule has 0 aliphatic rings. The second kappa shape index (κ2) is 9.75. The second-order valence-corrected chi connectivity index (χ2v) is 9.57. The molecule has 2 aromatic carbocycles. The number of hydrogen-bond acceptors (Lipinski definition) is 4. The maximum atomic E-state index is 12.5. The molecular weight excluding hydrogens is 402 g/mol.